The first-order valence-corrected chi connectivity index (χ1v) is 14.5. The van der Waals surface area contributed by atoms with Gasteiger partial charge in [-0.3, -0.25) is 4.79 Å². The molecular weight excluding hydrogens is 589 g/mol. The fourth-order valence-corrected chi connectivity index (χ4v) is 5.37. The number of halogens is 2. The number of ether oxygens (including phenoxy) is 2. The van der Waals surface area contributed by atoms with E-state index < -0.39 is 0 Å². The Morgan fingerprint density at radius 3 is 2.49 bits per heavy atom. The summed E-state index contributed by atoms with van der Waals surface area (Å²) in [5.74, 6) is 1.52. The Bertz CT molecular complexity index is 1760. The molecular formula is C31H31Cl2N7O3. The number of fused-ring (bicyclic) bond motifs is 1. The van der Waals surface area contributed by atoms with Crippen LogP contribution in [0.1, 0.15) is 39.7 Å². The number of carbonyl (C=O) groups is 1. The van der Waals surface area contributed by atoms with Crippen molar-refractivity contribution in [2.24, 2.45) is 5.41 Å². The number of nitrogens with two attached hydrogens (primary N) is 1. The van der Waals surface area contributed by atoms with Crippen LogP contribution in [0.3, 0.4) is 0 Å². The number of piperidine rings is 1. The average molecular weight is 621 g/mol. The fourth-order valence-electron chi connectivity index (χ4n) is 5.08. The van der Waals surface area contributed by atoms with Gasteiger partial charge in [-0.15, -0.1) is 0 Å². The maximum atomic E-state index is 13.1. The summed E-state index contributed by atoms with van der Waals surface area (Å²) in [6.07, 6.45) is 4.42. The van der Waals surface area contributed by atoms with Gasteiger partial charge in [0.05, 0.1) is 28.6 Å². The molecule has 5 rings (SSSR count). The van der Waals surface area contributed by atoms with E-state index in [1.165, 1.54) is 6.33 Å². The second kappa shape index (κ2) is 12.1. The number of nitrogens with zero attached hydrogens (tertiary/aromatic N) is 6. The zero-order valence-corrected chi connectivity index (χ0v) is 25.8. The molecule has 3 heterocycles. The van der Waals surface area contributed by atoms with Crippen molar-refractivity contribution in [3.8, 4) is 34.6 Å². The second-order valence-corrected chi connectivity index (χ2v) is 12.2. The number of hydrogen-bond acceptors (Lipinski definition) is 8. The molecule has 0 saturated carbocycles. The number of allylic oxidation sites excluding steroid dienone is 1. The number of hydrogen-bond donors (Lipinski definition) is 1. The lowest BCUT2D eigenvalue weighted by Gasteiger charge is -2.32. The third-order valence-corrected chi connectivity index (χ3v) is 7.84. The number of nitriles is 1. The minimum Gasteiger partial charge on any atom is -0.493 e. The molecule has 0 radical (unpaired) electrons. The van der Waals surface area contributed by atoms with Crippen LogP contribution in [0.25, 0.3) is 22.3 Å². The lowest BCUT2D eigenvalue weighted by Crippen LogP contribution is -2.40. The summed E-state index contributed by atoms with van der Waals surface area (Å²) < 4.78 is 13.5. The van der Waals surface area contributed by atoms with Crippen LogP contribution in [0, 0.1) is 16.7 Å². The monoisotopic (exact) mass is 619 g/mol. The van der Waals surface area contributed by atoms with E-state index in [-0.39, 0.29) is 22.9 Å². The zero-order chi connectivity index (χ0) is 30.9. The summed E-state index contributed by atoms with van der Waals surface area (Å²) in [7, 11) is 1.55. The van der Waals surface area contributed by atoms with Crippen LogP contribution in [0.2, 0.25) is 10.0 Å². The Kier molecular flexibility index (Phi) is 8.49. The number of aromatic nitrogens is 4. The Morgan fingerprint density at radius 1 is 1.09 bits per heavy atom. The fraction of sp³-hybridized carbons (Fsp3) is 0.323. The van der Waals surface area contributed by atoms with E-state index in [9.17, 15) is 10.1 Å². The maximum Gasteiger partial charge on any atom is 0.264 e. The van der Waals surface area contributed by atoms with Crippen molar-refractivity contribution in [2.75, 3.05) is 25.9 Å². The average Bonchev–Trinajstić information content (AvgIpc) is 3.38. The van der Waals surface area contributed by atoms with Crippen LogP contribution < -0.4 is 15.2 Å². The summed E-state index contributed by atoms with van der Waals surface area (Å²) in [6.45, 7) is 6.86. The quantitative estimate of drug-likeness (QED) is 0.183. The summed E-state index contributed by atoms with van der Waals surface area (Å²) in [5, 5.41) is 16.0. The largest absolute Gasteiger partial charge is 0.493 e. The number of amides is 1. The number of anilines is 1. The normalized spacial score (nSPS) is 14.5. The minimum atomic E-state index is -0.278. The molecule has 43 heavy (non-hydrogen) atoms. The van der Waals surface area contributed by atoms with E-state index in [0.29, 0.717) is 75.8 Å². The molecule has 12 heteroatoms. The third-order valence-electron chi connectivity index (χ3n) is 7.10. The topological polar surface area (TPSA) is 132 Å². The molecule has 0 unspecified atom stereocenters. The molecule has 1 aliphatic heterocycles. The highest BCUT2D eigenvalue weighted by atomic mass is 35.5. The van der Waals surface area contributed by atoms with Gasteiger partial charge in [-0.2, -0.15) is 10.4 Å². The van der Waals surface area contributed by atoms with Crippen LogP contribution in [0.5, 0.6) is 17.2 Å². The summed E-state index contributed by atoms with van der Waals surface area (Å²) >= 11 is 12.2. The van der Waals surface area contributed by atoms with Gasteiger partial charge < -0.3 is 20.1 Å². The van der Waals surface area contributed by atoms with Gasteiger partial charge in [-0.1, -0.05) is 50.0 Å². The molecule has 222 valence electrons. The van der Waals surface area contributed by atoms with Gasteiger partial charge in [-0.25, -0.2) is 14.6 Å². The predicted octanol–water partition coefficient (Wildman–Crippen LogP) is 6.84. The molecule has 0 spiro atoms. The van der Waals surface area contributed by atoms with E-state index in [0.717, 1.165) is 5.56 Å². The molecule has 1 aliphatic rings. The maximum absolute atomic E-state index is 13.1. The Labute approximate surface area is 259 Å². The first-order chi connectivity index (χ1) is 20.5. The van der Waals surface area contributed by atoms with Crippen molar-refractivity contribution >= 4 is 46.0 Å². The van der Waals surface area contributed by atoms with Crippen molar-refractivity contribution in [3.63, 3.8) is 0 Å². The van der Waals surface area contributed by atoms with E-state index in [4.69, 9.17) is 43.5 Å². The van der Waals surface area contributed by atoms with Gasteiger partial charge >= 0.3 is 0 Å². The van der Waals surface area contributed by atoms with Gasteiger partial charge in [0.15, 0.2) is 17.1 Å². The number of nitrogen functional groups attached to an aromatic ring is 1. The van der Waals surface area contributed by atoms with Crippen LogP contribution in [-0.2, 0) is 4.79 Å². The molecule has 4 aromatic rings. The first kappa shape index (κ1) is 30.1. The molecule has 1 fully saturated rings. The molecule has 2 aromatic heterocycles. The summed E-state index contributed by atoms with van der Waals surface area (Å²) in [5.41, 5.74) is 8.19. The predicted molar refractivity (Wildman–Crippen MR) is 166 cm³/mol. The van der Waals surface area contributed by atoms with Gasteiger partial charge in [0.1, 0.15) is 35.2 Å². The molecule has 1 saturated heterocycles. The number of rotatable bonds is 6. The lowest BCUT2D eigenvalue weighted by molar-refractivity contribution is -0.128. The molecule has 1 amide bonds. The third kappa shape index (κ3) is 6.38. The van der Waals surface area contributed by atoms with Crippen molar-refractivity contribution in [2.45, 2.75) is 39.7 Å². The molecule has 0 atom stereocenters. The SMILES string of the molecule is COc1cc(-c2nn(C3CCN(C(=O)/C(C#N)=C\C(C)(C)C)CC3)c3ncnc(N)c23)ccc1Oc1ccc(Cl)c(Cl)c1. The standard InChI is InChI=1S/C31H31Cl2N7O3/c1-31(2,3)15-19(16-34)30(41)39-11-9-20(10-12-39)40-29-26(28(35)36-17-37-29)27(38-40)18-5-8-24(25(13-18)42-4)43-21-6-7-22(32)23(33)14-21/h5-8,13-15,17,20H,9-12H2,1-4H3,(H2,35,36,37)/b19-15-. The van der Waals surface area contributed by atoms with Crippen molar-refractivity contribution in [1.29, 1.82) is 5.26 Å². The van der Waals surface area contributed by atoms with Gasteiger partial charge in [0.25, 0.3) is 5.91 Å². The van der Waals surface area contributed by atoms with Crippen molar-refractivity contribution in [1.82, 2.24) is 24.6 Å². The molecule has 0 aliphatic carbocycles. The zero-order valence-electron chi connectivity index (χ0n) is 24.3. The Balaban J connectivity index is 1.43. The Morgan fingerprint density at radius 2 is 1.84 bits per heavy atom. The van der Waals surface area contributed by atoms with Crippen LogP contribution in [0.4, 0.5) is 5.82 Å². The summed E-state index contributed by atoms with van der Waals surface area (Å²) in [4.78, 5) is 23.5. The smallest absolute Gasteiger partial charge is 0.264 e. The van der Waals surface area contributed by atoms with E-state index >= 15 is 0 Å². The number of methoxy groups -OCH3 is 1. The number of carbonyl (C=O) groups excluding carboxylic acids is 1. The van der Waals surface area contributed by atoms with E-state index in [1.807, 2.05) is 37.6 Å². The minimum absolute atomic E-state index is 0.0362. The van der Waals surface area contributed by atoms with E-state index in [1.54, 1.807) is 42.4 Å². The first-order valence-electron chi connectivity index (χ1n) is 13.7. The summed E-state index contributed by atoms with van der Waals surface area (Å²) in [6, 6.07) is 12.5. The van der Waals surface area contributed by atoms with Crippen molar-refractivity contribution in [3.05, 3.63) is 64.4 Å². The number of benzene rings is 2. The van der Waals surface area contributed by atoms with Gasteiger partial charge in [-0.05, 0) is 48.6 Å². The van der Waals surface area contributed by atoms with Gasteiger partial charge in [0, 0.05) is 24.7 Å². The number of likely N-dealkylation sites (tertiary alicyclic amines) is 1. The highest BCUT2D eigenvalue weighted by molar-refractivity contribution is 6.42. The Hall–Kier alpha value is -4.33. The van der Waals surface area contributed by atoms with Crippen LogP contribution >= 0.6 is 23.2 Å². The van der Waals surface area contributed by atoms with Crippen LogP contribution in [0.15, 0.2) is 54.4 Å². The highest BCUT2D eigenvalue weighted by Crippen LogP contribution is 2.40. The molecule has 2 N–H and O–H groups in total. The van der Waals surface area contributed by atoms with Crippen LogP contribution in [-0.4, -0.2) is 50.8 Å². The highest BCUT2D eigenvalue weighted by Gasteiger charge is 2.30. The van der Waals surface area contributed by atoms with Gasteiger partial charge in [0.2, 0.25) is 0 Å². The molecule has 10 nitrogen and oxygen atoms in total. The second-order valence-electron chi connectivity index (χ2n) is 11.4. The molecule has 0 bridgehead atoms. The molecule has 2 aromatic carbocycles. The lowest BCUT2D eigenvalue weighted by atomic mass is 9.93. The van der Waals surface area contributed by atoms with E-state index in [2.05, 4.69) is 16.0 Å². The van der Waals surface area contributed by atoms with Crippen molar-refractivity contribution < 1.29 is 14.3 Å².